The second-order valence-corrected chi connectivity index (χ2v) is 14.1. The zero-order valence-corrected chi connectivity index (χ0v) is 28.4. The molecular formula is C36H42F9N3O3. The van der Waals surface area contributed by atoms with Gasteiger partial charge in [0.25, 0.3) is 0 Å². The summed E-state index contributed by atoms with van der Waals surface area (Å²) in [6.07, 6.45) is -9.24. The lowest BCUT2D eigenvalue weighted by atomic mass is 9.73. The van der Waals surface area contributed by atoms with E-state index in [0.29, 0.717) is 35.0 Å². The number of benzene rings is 2. The molecule has 1 saturated carbocycles. The molecule has 1 saturated heterocycles. The Labute approximate surface area is 290 Å². The Hall–Kier alpha value is -3.33. The second-order valence-electron chi connectivity index (χ2n) is 14.1. The zero-order valence-electron chi connectivity index (χ0n) is 28.4. The van der Waals surface area contributed by atoms with Crippen LogP contribution in [-0.2, 0) is 52.6 Å². The largest absolute Gasteiger partial charge is 0.471 e. The summed E-state index contributed by atoms with van der Waals surface area (Å²) in [4.78, 5) is 27.0. The summed E-state index contributed by atoms with van der Waals surface area (Å²) in [5.74, 6) is -1.94. The summed E-state index contributed by atoms with van der Waals surface area (Å²) in [7, 11) is 0. The fourth-order valence-electron chi connectivity index (χ4n) is 7.91. The fourth-order valence-corrected chi connectivity index (χ4v) is 7.91. The van der Waals surface area contributed by atoms with Crippen molar-refractivity contribution >= 4 is 11.8 Å². The van der Waals surface area contributed by atoms with Gasteiger partial charge in [-0.2, -0.15) is 39.5 Å². The first-order chi connectivity index (χ1) is 23.8. The van der Waals surface area contributed by atoms with Crippen molar-refractivity contribution in [3.05, 3.63) is 69.8 Å². The minimum atomic E-state index is -5.08. The van der Waals surface area contributed by atoms with Crippen LogP contribution in [-0.4, -0.2) is 66.2 Å². The number of amides is 2. The number of carbonyl (C=O) groups excluding carboxylic acids is 2. The average molecular weight is 736 g/mol. The fraction of sp³-hybridized carbons (Fsp3) is 0.611. The van der Waals surface area contributed by atoms with Gasteiger partial charge in [0.1, 0.15) is 0 Å². The number of carbonyl (C=O) groups is 2. The van der Waals surface area contributed by atoms with Crippen molar-refractivity contribution in [3.8, 4) is 0 Å². The first-order valence-electron chi connectivity index (χ1n) is 17.2. The number of nitrogens with one attached hydrogen (secondary N) is 1. The number of hydrogen-bond acceptors (Lipinski definition) is 4. The highest BCUT2D eigenvalue weighted by Gasteiger charge is 2.50. The zero-order chi connectivity index (χ0) is 37.4. The molecule has 2 atom stereocenters. The van der Waals surface area contributed by atoms with Crippen LogP contribution >= 0.6 is 0 Å². The molecule has 2 amide bonds. The van der Waals surface area contributed by atoms with Gasteiger partial charge in [0, 0.05) is 51.5 Å². The van der Waals surface area contributed by atoms with Crippen molar-refractivity contribution in [2.75, 3.05) is 26.3 Å². The van der Waals surface area contributed by atoms with Gasteiger partial charge in [-0.25, -0.2) is 0 Å². The van der Waals surface area contributed by atoms with E-state index in [1.807, 2.05) is 0 Å². The minimum absolute atomic E-state index is 0.0267. The van der Waals surface area contributed by atoms with Crippen LogP contribution in [0.4, 0.5) is 39.5 Å². The molecule has 0 radical (unpaired) electrons. The Morgan fingerprint density at radius 1 is 0.765 bits per heavy atom. The maximum atomic E-state index is 13.8. The summed E-state index contributed by atoms with van der Waals surface area (Å²) in [5.41, 5.74) is -1.06. The maximum Gasteiger partial charge on any atom is 0.471 e. The van der Waals surface area contributed by atoms with E-state index in [-0.39, 0.29) is 48.5 Å². The van der Waals surface area contributed by atoms with Crippen molar-refractivity contribution in [1.82, 2.24) is 15.1 Å². The molecule has 4 aliphatic rings. The standard InChI is InChI=1S/C24H33F3N2O2.C12H9F6NO/c1-16(2)23(10-6-19(14-23)28-18-8-12-31-13-9-18)22(30)29-11-7-17-4-3-5-21(20(17)15-29)24(25,26)27;13-11(14,15)9-3-1-2-7-4-5-19(6-8(7)9)10(20)12(16,17)18/h3-5,16,18-19,28H,6-15H2,1-2H3;1-3H,4-6H2. The summed E-state index contributed by atoms with van der Waals surface area (Å²) < 4.78 is 122. The third kappa shape index (κ3) is 8.66. The molecule has 1 N–H and O–H groups in total. The van der Waals surface area contributed by atoms with Crippen LogP contribution in [0.5, 0.6) is 0 Å². The number of fused-ring (bicyclic) bond motifs is 2. The molecule has 2 fully saturated rings. The van der Waals surface area contributed by atoms with Gasteiger partial charge in [0.15, 0.2) is 0 Å². The average Bonchev–Trinajstić information content (AvgIpc) is 3.51. The van der Waals surface area contributed by atoms with Gasteiger partial charge in [-0.1, -0.05) is 38.1 Å². The predicted molar refractivity (Wildman–Crippen MR) is 169 cm³/mol. The lowest BCUT2D eigenvalue weighted by Gasteiger charge is -2.40. The SMILES string of the molecule is CC(C)C1(C(=O)N2CCc3cccc(C(F)(F)F)c3C2)CCC(NC2CCOCC2)C1.O=C(N1CCc2cccc(C(F)(F)F)c2C1)C(F)(F)F. The lowest BCUT2D eigenvalue weighted by molar-refractivity contribution is -0.186. The van der Waals surface area contributed by atoms with Gasteiger partial charge >= 0.3 is 24.4 Å². The van der Waals surface area contributed by atoms with E-state index < -0.39 is 47.5 Å². The van der Waals surface area contributed by atoms with E-state index in [9.17, 15) is 49.1 Å². The normalized spacial score (nSPS) is 23.0. The Morgan fingerprint density at radius 3 is 1.76 bits per heavy atom. The lowest BCUT2D eigenvalue weighted by Crippen LogP contribution is -2.49. The van der Waals surface area contributed by atoms with Crippen LogP contribution in [0.3, 0.4) is 0 Å². The first-order valence-corrected chi connectivity index (χ1v) is 17.2. The van der Waals surface area contributed by atoms with E-state index >= 15 is 0 Å². The Bertz CT molecular complexity index is 1570. The number of rotatable bonds is 4. The van der Waals surface area contributed by atoms with Gasteiger partial charge in [-0.3, -0.25) is 9.59 Å². The first kappa shape index (κ1) is 38.9. The summed E-state index contributed by atoms with van der Waals surface area (Å²) in [6, 6.07) is 8.51. The highest BCUT2D eigenvalue weighted by Crippen LogP contribution is 2.47. The third-order valence-corrected chi connectivity index (χ3v) is 10.7. The van der Waals surface area contributed by atoms with Crippen molar-refractivity contribution in [2.24, 2.45) is 11.3 Å². The summed E-state index contributed by atoms with van der Waals surface area (Å²) >= 11 is 0. The Balaban J connectivity index is 0.000000218. The van der Waals surface area contributed by atoms with Gasteiger partial charge < -0.3 is 19.9 Å². The molecule has 282 valence electrons. The molecular weight excluding hydrogens is 693 g/mol. The van der Waals surface area contributed by atoms with Gasteiger partial charge in [0.2, 0.25) is 5.91 Å². The van der Waals surface area contributed by atoms with Crippen LogP contribution < -0.4 is 5.32 Å². The number of halogens is 9. The van der Waals surface area contributed by atoms with E-state index in [1.165, 1.54) is 18.2 Å². The van der Waals surface area contributed by atoms with Gasteiger partial charge in [0.05, 0.1) is 16.5 Å². The quantitative estimate of drug-likeness (QED) is 0.327. The molecule has 2 unspecified atom stereocenters. The third-order valence-electron chi connectivity index (χ3n) is 10.7. The molecule has 6 rings (SSSR count). The number of alkyl halides is 9. The molecule has 6 nitrogen and oxygen atoms in total. The predicted octanol–water partition coefficient (Wildman–Crippen LogP) is 7.71. The number of nitrogens with zero attached hydrogens (tertiary/aromatic N) is 2. The molecule has 3 aliphatic heterocycles. The second kappa shape index (κ2) is 15.0. The molecule has 51 heavy (non-hydrogen) atoms. The van der Waals surface area contributed by atoms with Gasteiger partial charge in [-0.05, 0) is 85.3 Å². The number of hydrogen-bond donors (Lipinski definition) is 1. The van der Waals surface area contributed by atoms with Crippen molar-refractivity contribution in [1.29, 1.82) is 0 Å². The van der Waals surface area contributed by atoms with Crippen LogP contribution in [0.2, 0.25) is 0 Å². The maximum absolute atomic E-state index is 13.8. The Kier molecular flexibility index (Phi) is 11.4. The minimum Gasteiger partial charge on any atom is -0.381 e. The highest BCUT2D eigenvalue weighted by molar-refractivity contribution is 5.84. The van der Waals surface area contributed by atoms with Gasteiger partial charge in [-0.15, -0.1) is 0 Å². The van der Waals surface area contributed by atoms with E-state index in [0.717, 1.165) is 57.5 Å². The summed E-state index contributed by atoms with van der Waals surface area (Å²) in [6.45, 7) is 5.31. The monoisotopic (exact) mass is 735 g/mol. The molecule has 0 spiro atoms. The topological polar surface area (TPSA) is 61.9 Å². The summed E-state index contributed by atoms with van der Waals surface area (Å²) in [5, 5.41) is 3.73. The highest BCUT2D eigenvalue weighted by atomic mass is 19.4. The van der Waals surface area contributed by atoms with Crippen LogP contribution in [0.15, 0.2) is 36.4 Å². The molecule has 2 aromatic carbocycles. The van der Waals surface area contributed by atoms with E-state index in [4.69, 9.17) is 4.74 Å². The molecule has 2 aromatic rings. The van der Waals surface area contributed by atoms with Crippen LogP contribution in [0.25, 0.3) is 0 Å². The molecule has 3 heterocycles. The number of ether oxygens (including phenoxy) is 1. The molecule has 15 heteroatoms. The van der Waals surface area contributed by atoms with E-state index in [1.54, 1.807) is 11.0 Å². The van der Waals surface area contributed by atoms with E-state index in [2.05, 4.69) is 19.2 Å². The molecule has 0 aromatic heterocycles. The smallest absolute Gasteiger partial charge is 0.381 e. The Morgan fingerprint density at radius 2 is 1.27 bits per heavy atom. The van der Waals surface area contributed by atoms with Crippen LogP contribution in [0.1, 0.15) is 79.3 Å². The van der Waals surface area contributed by atoms with Crippen molar-refractivity contribution in [3.63, 3.8) is 0 Å². The van der Waals surface area contributed by atoms with Crippen molar-refractivity contribution < 1.29 is 53.8 Å². The molecule has 0 bridgehead atoms. The van der Waals surface area contributed by atoms with Crippen molar-refractivity contribution in [2.45, 2.75) is 102 Å². The molecule has 1 aliphatic carbocycles. The van der Waals surface area contributed by atoms with Crippen LogP contribution in [0, 0.1) is 11.3 Å².